The van der Waals surface area contributed by atoms with Crippen molar-refractivity contribution in [2.75, 3.05) is 7.11 Å². The highest BCUT2D eigenvalue weighted by molar-refractivity contribution is 9.10. The van der Waals surface area contributed by atoms with Crippen LogP contribution in [0.4, 0.5) is 0 Å². The minimum absolute atomic E-state index is 0.0250. The molecular weight excluding hydrogens is 1540 g/mol. The fraction of sp³-hybridized carbons (Fsp3) is 0.212. The number of nitrogens with one attached hydrogen (secondary N) is 3. The van der Waals surface area contributed by atoms with Gasteiger partial charge in [0, 0.05) is 105 Å². The topological polar surface area (TPSA) is 370 Å². The van der Waals surface area contributed by atoms with Crippen molar-refractivity contribution in [3.63, 3.8) is 0 Å². The SMILES string of the molecule is CC(O)c1ccc(Br)cc1.CC(Oc1ccncn1)c1ccc(Br)cc1.CC(Oc1ccncn1)c1ccc(C(=O)O)cc1.COC(=O)c1ccc(C(C)Oc2ccncn2)cc1.Cc1cc(C)c(CN)c(=O)[nH]1.Cc1cc(C)c(CNC(=O)c2ccc(C(C)Oc3ccncn3)cc2)c(=O)[nH]1.Clc1ccncn1. The fourth-order valence-electron chi connectivity index (χ4n) is 9.46. The molecule has 0 spiro atoms. The van der Waals surface area contributed by atoms with E-state index in [0.717, 1.165) is 59.3 Å². The van der Waals surface area contributed by atoms with Crippen LogP contribution in [-0.4, -0.2) is 95.0 Å². The first-order valence-electron chi connectivity index (χ1n) is 33.6. The molecule has 566 valence electrons. The van der Waals surface area contributed by atoms with Crippen molar-refractivity contribution in [3.05, 3.63) is 339 Å². The molecule has 0 saturated carbocycles. The average molecular weight is 1630 g/mol. The van der Waals surface area contributed by atoms with Gasteiger partial charge in [-0.1, -0.05) is 104 Å². The maximum atomic E-state index is 12.4. The summed E-state index contributed by atoms with van der Waals surface area (Å²) in [6.45, 7) is 17.4. The van der Waals surface area contributed by atoms with Gasteiger partial charge in [-0.2, -0.15) is 0 Å². The van der Waals surface area contributed by atoms with Crippen LogP contribution in [-0.2, 0) is 17.8 Å². The number of nitrogens with zero attached hydrogens (tertiary/aromatic N) is 10. The monoisotopic (exact) mass is 1620 g/mol. The summed E-state index contributed by atoms with van der Waals surface area (Å²) in [6, 6.07) is 48.7. The number of aromatic amines is 2. The van der Waals surface area contributed by atoms with Crippen LogP contribution in [0.25, 0.3) is 0 Å². The second-order valence-corrected chi connectivity index (χ2v) is 25.7. The molecule has 109 heavy (non-hydrogen) atoms. The highest BCUT2D eigenvalue weighted by Gasteiger charge is 2.16. The smallest absolute Gasteiger partial charge is 0.337 e. The molecule has 5 unspecified atom stereocenters. The van der Waals surface area contributed by atoms with Gasteiger partial charge in [-0.25, -0.2) is 59.4 Å². The van der Waals surface area contributed by atoms with Crippen molar-refractivity contribution in [2.45, 2.75) is 106 Å². The summed E-state index contributed by atoms with van der Waals surface area (Å²) in [5, 5.41) is 21.2. The van der Waals surface area contributed by atoms with Crippen molar-refractivity contribution in [3.8, 4) is 23.5 Å². The number of aromatic nitrogens is 12. The Morgan fingerprint density at radius 3 is 1.07 bits per heavy atom. The Morgan fingerprint density at radius 2 is 0.789 bits per heavy atom. The quantitative estimate of drug-likeness (QED) is 0.0323. The number of methoxy groups -OCH3 is 1. The summed E-state index contributed by atoms with van der Waals surface area (Å²) in [6.07, 6.45) is 14.3. The molecule has 0 aliphatic rings. The number of pyridine rings is 2. The molecular formula is C80H83Br2ClN14O12. The van der Waals surface area contributed by atoms with Crippen molar-refractivity contribution in [2.24, 2.45) is 5.73 Å². The molecule has 5 atom stereocenters. The number of carbonyl (C=O) groups excluding carboxylic acids is 2. The van der Waals surface area contributed by atoms with E-state index in [2.05, 4.69) is 102 Å². The fourth-order valence-corrected chi connectivity index (χ4v) is 10.1. The molecule has 0 saturated heterocycles. The Bertz CT molecular complexity index is 4830. The van der Waals surface area contributed by atoms with E-state index in [1.807, 2.05) is 140 Å². The number of carboxylic acids is 1. The number of rotatable bonds is 19. The number of carboxylic acid groups (broad SMARTS) is 1. The largest absolute Gasteiger partial charge is 0.478 e. The molecule has 29 heteroatoms. The highest BCUT2D eigenvalue weighted by Crippen LogP contribution is 2.25. The maximum absolute atomic E-state index is 12.4. The predicted octanol–water partition coefficient (Wildman–Crippen LogP) is 15.0. The molecule has 0 aliphatic heterocycles. The summed E-state index contributed by atoms with van der Waals surface area (Å²) in [5.74, 6) is 0.546. The van der Waals surface area contributed by atoms with Crippen LogP contribution in [0.1, 0.15) is 158 Å². The Hall–Kier alpha value is -11.8. The molecule has 0 fully saturated rings. The second kappa shape index (κ2) is 45.6. The molecule has 5 aromatic carbocycles. The van der Waals surface area contributed by atoms with Crippen LogP contribution in [0.3, 0.4) is 0 Å². The summed E-state index contributed by atoms with van der Waals surface area (Å²) < 4.78 is 29.4. The number of aliphatic hydroxyl groups is 1. The third kappa shape index (κ3) is 30.5. The molecule has 7 N–H and O–H groups in total. The first-order chi connectivity index (χ1) is 52.3. The zero-order chi connectivity index (χ0) is 79.2. The number of ether oxygens (including phenoxy) is 5. The van der Waals surface area contributed by atoms with Crippen LogP contribution < -0.4 is 41.1 Å². The molecule has 0 bridgehead atoms. The third-order valence-electron chi connectivity index (χ3n) is 15.3. The Labute approximate surface area is 652 Å². The number of nitrogens with two attached hydrogens (primary N) is 1. The van der Waals surface area contributed by atoms with Gasteiger partial charge in [0.15, 0.2) is 0 Å². The number of benzene rings is 5. The zero-order valence-corrected chi connectivity index (χ0v) is 65.3. The van der Waals surface area contributed by atoms with Gasteiger partial charge in [-0.3, -0.25) is 14.4 Å². The van der Waals surface area contributed by atoms with E-state index in [-0.39, 0.29) is 65.6 Å². The van der Waals surface area contributed by atoms with Crippen molar-refractivity contribution in [1.29, 1.82) is 0 Å². The van der Waals surface area contributed by atoms with E-state index in [0.29, 0.717) is 57.5 Å². The Balaban J connectivity index is 0.000000206. The van der Waals surface area contributed by atoms with Crippen molar-refractivity contribution >= 4 is 61.3 Å². The van der Waals surface area contributed by atoms with Crippen molar-refractivity contribution in [1.82, 2.24) is 65.1 Å². The number of esters is 1. The van der Waals surface area contributed by atoms with E-state index >= 15 is 0 Å². The van der Waals surface area contributed by atoms with Gasteiger partial charge in [-0.05, 0) is 180 Å². The number of aromatic carboxylic acids is 1. The number of carbonyl (C=O) groups is 3. The average Bonchev–Trinajstić information content (AvgIpc) is 0.867. The predicted molar refractivity (Wildman–Crippen MR) is 420 cm³/mol. The van der Waals surface area contributed by atoms with Gasteiger partial charge in [0.25, 0.3) is 17.0 Å². The van der Waals surface area contributed by atoms with Gasteiger partial charge in [0.05, 0.1) is 24.3 Å². The minimum atomic E-state index is -0.939. The summed E-state index contributed by atoms with van der Waals surface area (Å²) in [7, 11) is 1.36. The molecule has 0 aliphatic carbocycles. The summed E-state index contributed by atoms with van der Waals surface area (Å²) in [4.78, 5) is 102. The molecule has 0 radical (unpaired) electrons. The van der Waals surface area contributed by atoms with E-state index in [1.165, 1.54) is 38.7 Å². The molecule has 1 amide bonds. The summed E-state index contributed by atoms with van der Waals surface area (Å²) >= 11 is 12.1. The van der Waals surface area contributed by atoms with E-state index in [9.17, 15) is 24.0 Å². The highest BCUT2D eigenvalue weighted by atomic mass is 79.9. The van der Waals surface area contributed by atoms with Gasteiger partial charge in [-0.15, -0.1) is 0 Å². The number of hydrogen-bond donors (Lipinski definition) is 6. The zero-order valence-electron chi connectivity index (χ0n) is 61.3. The molecule has 7 aromatic heterocycles. The second-order valence-electron chi connectivity index (χ2n) is 23.5. The molecule has 12 rings (SSSR count). The summed E-state index contributed by atoms with van der Waals surface area (Å²) in [5.41, 5.74) is 16.0. The molecule has 7 heterocycles. The van der Waals surface area contributed by atoms with Crippen LogP contribution in [0.15, 0.2) is 245 Å². The van der Waals surface area contributed by atoms with Gasteiger partial charge < -0.3 is 54.9 Å². The number of halogens is 3. The Morgan fingerprint density at radius 1 is 0.468 bits per heavy atom. The first kappa shape index (κ1) is 86.1. The minimum Gasteiger partial charge on any atom is -0.478 e. The first-order valence-corrected chi connectivity index (χ1v) is 35.6. The van der Waals surface area contributed by atoms with Crippen LogP contribution >= 0.6 is 43.5 Å². The van der Waals surface area contributed by atoms with Gasteiger partial charge >= 0.3 is 11.9 Å². The molecule has 12 aromatic rings. The standard InChI is InChI=1S/C21H22N4O3.C14H14N2O3.C13H12N2O3.C12H11BrN2O.C8H9BrO.C8H12N2O.C4H3ClN2/c1-13-10-14(2)25-21(27)18(13)11-23-20(26)17-6-4-16(5-7-17)15(3)28-19-8-9-22-12-24-19;1-10(19-13-7-8-15-9-16-13)11-3-5-12(6-4-11)14(17)18-2;1-9(18-12-6-7-14-8-15-12)10-2-4-11(5-3-10)13(16)17;1-9(10-2-4-11(13)5-3-10)16-12-6-7-14-8-15-12;1-6(10)7-2-4-8(9)5-3-7;1-5-3-6(2)10-8(11)7(5)4-9;5-4-1-2-6-3-7-4/h4-10,12,15H,11H2,1-3H3,(H,23,26)(H,25,27);3-10H,1-2H3;2-9H,1H3,(H,16,17);2-9H,1H3;2-6,10H,1H3;3H,4,9H2,1-2H3,(H,10,11);1-3H. The number of amides is 1. The number of aryl methyl sites for hydroxylation is 4. The van der Waals surface area contributed by atoms with E-state index in [4.69, 9.17) is 46.5 Å². The Kier molecular flexibility index (Phi) is 36.0. The van der Waals surface area contributed by atoms with E-state index < -0.39 is 5.97 Å². The lowest BCUT2D eigenvalue weighted by atomic mass is 10.1. The molecule has 26 nitrogen and oxygen atoms in total. The van der Waals surface area contributed by atoms with Gasteiger partial charge in [0.2, 0.25) is 23.5 Å². The normalized spacial score (nSPS) is 11.6. The van der Waals surface area contributed by atoms with Crippen molar-refractivity contribution < 1.29 is 48.3 Å². The van der Waals surface area contributed by atoms with Gasteiger partial charge in [0.1, 0.15) is 61.2 Å². The van der Waals surface area contributed by atoms with Crippen LogP contribution in [0.5, 0.6) is 23.5 Å². The lowest BCUT2D eigenvalue weighted by Gasteiger charge is -2.14. The van der Waals surface area contributed by atoms with E-state index in [1.54, 1.807) is 117 Å². The number of aliphatic hydroxyl groups excluding tert-OH is 1. The third-order valence-corrected chi connectivity index (χ3v) is 16.6. The number of H-pyrrole nitrogens is 2. The number of hydrogen-bond acceptors (Lipinski definition) is 22. The maximum Gasteiger partial charge on any atom is 0.337 e. The van der Waals surface area contributed by atoms with Crippen LogP contribution in [0.2, 0.25) is 5.15 Å². The lowest BCUT2D eigenvalue weighted by molar-refractivity contribution is 0.0599. The van der Waals surface area contributed by atoms with Crippen LogP contribution in [0, 0.1) is 27.7 Å². The lowest BCUT2D eigenvalue weighted by Crippen LogP contribution is -2.27.